The zero-order valence-electron chi connectivity index (χ0n) is 9.29. The molecule has 0 radical (unpaired) electrons. The molecule has 1 saturated heterocycles. The van der Waals surface area contributed by atoms with Gasteiger partial charge in [0, 0.05) is 25.2 Å². The average Bonchev–Trinajstić information content (AvgIpc) is 2.04. The average molecular weight is 202 g/mol. The zero-order valence-corrected chi connectivity index (χ0v) is 10.1. The van der Waals surface area contributed by atoms with Crippen molar-refractivity contribution in [1.29, 1.82) is 0 Å². The van der Waals surface area contributed by atoms with Gasteiger partial charge in [0.05, 0.1) is 0 Å². The molecule has 0 amide bonds. The van der Waals surface area contributed by atoms with Crippen molar-refractivity contribution in [3.05, 3.63) is 0 Å². The first kappa shape index (κ1) is 11.3. The molecule has 0 aromatic heterocycles. The minimum absolute atomic E-state index is 0.867. The molecule has 3 heteroatoms. The summed E-state index contributed by atoms with van der Waals surface area (Å²) < 4.78 is 4.65. The Hall–Kier alpha value is 0.270. The number of nitrogens with zero attached hydrogens (tertiary/aromatic N) is 2. The first-order valence-electron chi connectivity index (χ1n) is 5.20. The van der Waals surface area contributed by atoms with Crippen molar-refractivity contribution in [2.24, 2.45) is 11.8 Å². The lowest BCUT2D eigenvalue weighted by Crippen LogP contribution is -2.32. The van der Waals surface area contributed by atoms with Gasteiger partial charge in [-0.1, -0.05) is 13.8 Å². The number of hydrogen-bond acceptors (Lipinski definition) is 3. The molecule has 1 heterocycles. The molecule has 78 valence electrons. The van der Waals surface area contributed by atoms with E-state index in [1.54, 1.807) is 0 Å². The van der Waals surface area contributed by atoms with Gasteiger partial charge in [-0.3, -0.25) is 0 Å². The molecule has 0 spiro atoms. The minimum Gasteiger partial charge on any atom is -0.243 e. The van der Waals surface area contributed by atoms with Gasteiger partial charge in [-0.25, -0.2) is 8.61 Å². The van der Waals surface area contributed by atoms with Crippen LogP contribution in [0.2, 0.25) is 0 Å². The van der Waals surface area contributed by atoms with E-state index in [9.17, 15) is 0 Å². The third-order valence-electron chi connectivity index (χ3n) is 2.72. The van der Waals surface area contributed by atoms with Crippen LogP contribution < -0.4 is 0 Å². The number of piperidine rings is 1. The van der Waals surface area contributed by atoms with Gasteiger partial charge in [0.1, 0.15) is 0 Å². The molecule has 0 aromatic carbocycles. The Bertz CT molecular complexity index is 140. The smallest absolute Gasteiger partial charge is 0.0104 e. The van der Waals surface area contributed by atoms with Gasteiger partial charge in [-0.15, -0.1) is 0 Å². The van der Waals surface area contributed by atoms with Gasteiger partial charge < -0.3 is 0 Å². The third-order valence-corrected chi connectivity index (χ3v) is 3.64. The molecule has 1 rings (SSSR count). The second kappa shape index (κ2) is 5.23. The monoisotopic (exact) mass is 202 g/mol. The maximum atomic E-state index is 2.47. The Morgan fingerprint density at radius 3 is 2.15 bits per heavy atom. The summed E-state index contributed by atoms with van der Waals surface area (Å²) in [5.74, 6) is 1.82. The Labute approximate surface area is 86.9 Å². The fourth-order valence-corrected chi connectivity index (χ4v) is 2.69. The van der Waals surface area contributed by atoms with E-state index in [1.165, 1.54) is 25.9 Å². The lowest BCUT2D eigenvalue weighted by Gasteiger charge is -2.33. The predicted molar refractivity (Wildman–Crippen MR) is 60.4 cm³/mol. The zero-order chi connectivity index (χ0) is 9.84. The summed E-state index contributed by atoms with van der Waals surface area (Å²) in [4.78, 5) is 0. The standard InChI is InChI=1S/C10H22N2S/c1-9(2)10-5-7-12(8-6-10)13-11(3)4/h9-10H,5-8H2,1-4H3. The van der Waals surface area contributed by atoms with E-state index in [4.69, 9.17) is 0 Å². The Balaban J connectivity index is 2.22. The van der Waals surface area contributed by atoms with E-state index in [0.717, 1.165) is 11.8 Å². The predicted octanol–water partition coefficient (Wildman–Crippen LogP) is 2.48. The van der Waals surface area contributed by atoms with E-state index in [2.05, 4.69) is 36.6 Å². The quantitative estimate of drug-likeness (QED) is 0.649. The van der Waals surface area contributed by atoms with Crippen LogP contribution in [0.5, 0.6) is 0 Å². The third kappa shape index (κ3) is 3.88. The van der Waals surface area contributed by atoms with Crippen LogP contribution in [0.1, 0.15) is 26.7 Å². The van der Waals surface area contributed by atoms with E-state index in [0.29, 0.717) is 0 Å². The molecule has 0 atom stereocenters. The Morgan fingerprint density at radius 1 is 1.23 bits per heavy atom. The normalized spacial score (nSPS) is 21.7. The molecule has 13 heavy (non-hydrogen) atoms. The molecule has 0 aliphatic carbocycles. The van der Waals surface area contributed by atoms with E-state index < -0.39 is 0 Å². The molecular weight excluding hydrogens is 180 g/mol. The first-order chi connectivity index (χ1) is 6.09. The van der Waals surface area contributed by atoms with Crippen LogP contribution in [0.25, 0.3) is 0 Å². The molecule has 0 N–H and O–H groups in total. The van der Waals surface area contributed by atoms with Crippen LogP contribution in [0.15, 0.2) is 0 Å². The summed E-state index contributed by atoms with van der Waals surface area (Å²) in [6, 6.07) is 0. The highest BCUT2D eigenvalue weighted by molar-refractivity contribution is 7.94. The van der Waals surface area contributed by atoms with Gasteiger partial charge >= 0.3 is 0 Å². The molecule has 0 bridgehead atoms. The largest absolute Gasteiger partial charge is 0.243 e. The van der Waals surface area contributed by atoms with Crippen LogP contribution >= 0.6 is 12.1 Å². The van der Waals surface area contributed by atoms with Crippen molar-refractivity contribution in [2.75, 3.05) is 27.2 Å². The lowest BCUT2D eigenvalue weighted by molar-refractivity contribution is 0.234. The molecule has 0 aromatic rings. The number of rotatable bonds is 3. The first-order valence-corrected chi connectivity index (χ1v) is 5.93. The van der Waals surface area contributed by atoms with Crippen molar-refractivity contribution in [3.63, 3.8) is 0 Å². The van der Waals surface area contributed by atoms with E-state index in [1.807, 2.05) is 12.1 Å². The van der Waals surface area contributed by atoms with Gasteiger partial charge in [0.25, 0.3) is 0 Å². The summed E-state index contributed by atoms with van der Waals surface area (Å²) in [5, 5.41) is 0. The Morgan fingerprint density at radius 2 is 1.77 bits per heavy atom. The summed E-state index contributed by atoms with van der Waals surface area (Å²) >= 11 is 1.86. The molecule has 0 saturated carbocycles. The van der Waals surface area contributed by atoms with Crippen LogP contribution in [-0.2, 0) is 0 Å². The highest BCUT2D eigenvalue weighted by atomic mass is 32.2. The van der Waals surface area contributed by atoms with E-state index in [-0.39, 0.29) is 0 Å². The van der Waals surface area contributed by atoms with Crippen molar-refractivity contribution in [2.45, 2.75) is 26.7 Å². The summed E-state index contributed by atoms with van der Waals surface area (Å²) in [6.45, 7) is 7.20. The van der Waals surface area contributed by atoms with Crippen molar-refractivity contribution in [3.8, 4) is 0 Å². The number of hydrogen-bond donors (Lipinski definition) is 0. The van der Waals surface area contributed by atoms with Crippen molar-refractivity contribution < 1.29 is 0 Å². The minimum atomic E-state index is 0.867. The van der Waals surface area contributed by atoms with Crippen LogP contribution in [0.3, 0.4) is 0 Å². The molecule has 1 aliphatic rings. The maximum Gasteiger partial charge on any atom is 0.0104 e. The molecule has 1 aliphatic heterocycles. The highest BCUT2D eigenvalue weighted by Gasteiger charge is 2.21. The van der Waals surface area contributed by atoms with Gasteiger partial charge in [-0.2, -0.15) is 0 Å². The van der Waals surface area contributed by atoms with Crippen molar-refractivity contribution >= 4 is 12.1 Å². The second-order valence-corrected chi connectivity index (χ2v) is 5.81. The second-order valence-electron chi connectivity index (χ2n) is 4.40. The van der Waals surface area contributed by atoms with Crippen LogP contribution in [0, 0.1) is 11.8 Å². The molecule has 1 fully saturated rings. The molecular formula is C10H22N2S. The Kier molecular flexibility index (Phi) is 4.56. The maximum absolute atomic E-state index is 2.47. The van der Waals surface area contributed by atoms with Crippen molar-refractivity contribution in [1.82, 2.24) is 8.61 Å². The van der Waals surface area contributed by atoms with Gasteiger partial charge in [0.15, 0.2) is 0 Å². The summed E-state index contributed by atoms with van der Waals surface area (Å²) in [5.41, 5.74) is 0. The van der Waals surface area contributed by atoms with Gasteiger partial charge in [0.2, 0.25) is 0 Å². The SMILES string of the molecule is CC(C)C1CCN(SN(C)C)CC1. The highest BCUT2D eigenvalue weighted by Crippen LogP contribution is 2.27. The topological polar surface area (TPSA) is 6.48 Å². The molecule has 2 nitrogen and oxygen atoms in total. The van der Waals surface area contributed by atoms with Crippen LogP contribution in [0.4, 0.5) is 0 Å². The fraction of sp³-hybridized carbons (Fsp3) is 1.00. The summed E-state index contributed by atoms with van der Waals surface area (Å²) in [6.07, 6.45) is 2.75. The van der Waals surface area contributed by atoms with Gasteiger partial charge in [-0.05, 0) is 38.8 Å². The fourth-order valence-electron chi connectivity index (χ4n) is 1.86. The lowest BCUT2D eigenvalue weighted by atomic mass is 9.87. The van der Waals surface area contributed by atoms with E-state index >= 15 is 0 Å². The summed E-state index contributed by atoms with van der Waals surface area (Å²) in [7, 11) is 4.22. The van der Waals surface area contributed by atoms with Crippen LogP contribution in [-0.4, -0.2) is 35.8 Å². The molecule has 0 unspecified atom stereocenters.